The van der Waals surface area contributed by atoms with E-state index in [-0.39, 0.29) is 46.0 Å². The maximum absolute atomic E-state index is 13.2. The van der Waals surface area contributed by atoms with E-state index in [2.05, 4.69) is 142 Å². The second-order valence-corrected chi connectivity index (χ2v) is 22.6. The van der Waals surface area contributed by atoms with Crippen LogP contribution < -0.4 is 0 Å². The van der Waals surface area contributed by atoms with Gasteiger partial charge in [-0.1, -0.05) is 150 Å². The van der Waals surface area contributed by atoms with Crippen molar-refractivity contribution in [1.82, 2.24) is 0 Å². The molecule has 5 rings (SSSR count). The minimum Gasteiger partial charge on any atom is -0.508 e. The van der Waals surface area contributed by atoms with Crippen LogP contribution in [-0.2, 0) is 39.9 Å². The van der Waals surface area contributed by atoms with Crippen molar-refractivity contribution in [3.63, 3.8) is 0 Å². The summed E-state index contributed by atoms with van der Waals surface area (Å²) in [5, 5.41) is 60.4. The van der Waals surface area contributed by atoms with Gasteiger partial charge in [0.05, 0.1) is 0 Å². The first kappa shape index (κ1) is 48.1. The van der Waals surface area contributed by atoms with Crippen molar-refractivity contribution in [2.75, 3.05) is 0 Å². The van der Waals surface area contributed by atoms with Gasteiger partial charge in [0.15, 0.2) is 0 Å². The maximum Gasteiger partial charge on any atom is 0.122 e. The number of aromatic hydroxyl groups is 5. The predicted octanol–water partition coefficient (Wildman–Crippen LogP) is 14.3. The molecule has 0 amide bonds. The Labute approximate surface area is 373 Å². The third-order valence-electron chi connectivity index (χ3n) is 13.0. The Morgan fingerprint density at radius 3 is 1.13 bits per heavy atom. The van der Waals surface area contributed by atoms with Crippen LogP contribution in [0.3, 0.4) is 0 Å². The fourth-order valence-electron chi connectivity index (χ4n) is 10.1. The van der Waals surface area contributed by atoms with Crippen molar-refractivity contribution in [2.45, 2.75) is 177 Å². The molecule has 0 aliphatic heterocycles. The first-order valence-corrected chi connectivity index (χ1v) is 22.5. The van der Waals surface area contributed by atoms with Gasteiger partial charge in [-0.25, -0.2) is 0 Å². The lowest BCUT2D eigenvalue weighted by atomic mass is 9.60. The third kappa shape index (κ3) is 9.10. The lowest BCUT2D eigenvalue weighted by Gasteiger charge is -2.42. The van der Waals surface area contributed by atoms with E-state index >= 15 is 0 Å². The van der Waals surface area contributed by atoms with Gasteiger partial charge in [0.25, 0.3) is 0 Å². The Hall–Kier alpha value is -4.90. The minimum absolute atomic E-state index is 0.127. The SMILES string of the molecule is CCCC(c1cc(C(C)(C)C)c(O)cc1C)(c1cc(C(C)(C)C)c(O)cc1C)c1c(C)cc(Cc2cc(C)cc(C(C)(C)C)c2O)c(O)c1Cc1cc(C)cc(C(C)(C)C)c1O. The van der Waals surface area contributed by atoms with Crippen LogP contribution >= 0.6 is 0 Å². The molecule has 0 aliphatic carbocycles. The van der Waals surface area contributed by atoms with Crippen LogP contribution in [0.15, 0.2) is 54.6 Å². The van der Waals surface area contributed by atoms with E-state index < -0.39 is 16.2 Å². The van der Waals surface area contributed by atoms with Crippen LogP contribution in [0.5, 0.6) is 28.7 Å². The highest BCUT2D eigenvalue weighted by atomic mass is 16.3. The minimum atomic E-state index is -0.906. The molecule has 0 spiro atoms. The average molecular weight is 841 g/mol. The Morgan fingerprint density at radius 1 is 0.387 bits per heavy atom. The maximum atomic E-state index is 13.2. The van der Waals surface area contributed by atoms with Gasteiger partial charge in [0.2, 0.25) is 0 Å². The summed E-state index contributed by atoms with van der Waals surface area (Å²) >= 11 is 0. The van der Waals surface area contributed by atoms with E-state index in [0.717, 1.165) is 84.3 Å². The molecular weight excluding hydrogens is 765 g/mol. The molecule has 5 aromatic rings. The number of hydrogen-bond donors (Lipinski definition) is 5. The monoisotopic (exact) mass is 841 g/mol. The lowest BCUT2D eigenvalue weighted by Crippen LogP contribution is -2.35. The highest BCUT2D eigenvalue weighted by Gasteiger charge is 2.44. The topological polar surface area (TPSA) is 101 Å². The molecule has 0 fully saturated rings. The van der Waals surface area contributed by atoms with Crippen LogP contribution in [0.4, 0.5) is 0 Å². The molecule has 0 radical (unpaired) electrons. The summed E-state index contributed by atoms with van der Waals surface area (Å²) in [7, 11) is 0. The van der Waals surface area contributed by atoms with Crippen LogP contribution in [0.2, 0.25) is 0 Å². The van der Waals surface area contributed by atoms with Gasteiger partial charge in [-0.15, -0.1) is 0 Å². The molecule has 0 saturated carbocycles. The van der Waals surface area contributed by atoms with Gasteiger partial charge in [0.1, 0.15) is 28.7 Å². The molecule has 0 heterocycles. The van der Waals surface area contributed by atoms with Crippen LogP contribution in [-0.4, -0.2) is 25.5 Å². The van der Waals surface area contributed by atoms with Gasteiger partial charge >= 0.3 is 0 Å². The predicted molar refractivity (Wildman–Crippen MR) is 259 cm³/mol. The molecule has 5 aromatic carbocycles. The zero-order valence-corrected chi connectivity index (χ0v) is 41.3. The largest absolute Gasteiger partial charge is 0.508 e. The molecule has 0 atom stereocenters. The van der Waals surface area contributed by atoms with Gasteiger partial charge in [0, 0.05) is 23.8 Å². The number of aryl methyl sites for hydroxylation is 5. The molecule has 5 heteroatoms. The van der Waals surface area contributed by atoms with Crippen molar-refractivity contribution in [3.8, 4) is 28.7 Å². The highest BCUT2D eigenvalue weighted by Crippen LogP contribution is 2.54. The number of benzene rings is 5. The zero-order valence-electron chi connectivity index (χ0n) is 41.3. The van der Waals surface area contributed by atoms with E-state index in [1.54, 1.807) is 0 Å². The van der Waals surface area contributed by atoms with Gasteiger partial charge in [-0.3, -0.25) is 0 Å². The summed E-state index contributed by atoms with van der Waals surface area (Å²) in [4.78, 5) is 0. The van der Waals surface area contributed by atoms with Gasteiger partial charge in [-0.2, -0.15) is 0 Å². The summed E-state index contributed by atoms with van der Waals surface area (Å²) in [6, 6.07) is 18.4. The summed E-state index contributed by atoms with van der Waals surface area (Å²) < 4.78 is 0. The van der Waals surface area contributed by atoms with Crippen LogP contribution in [0.1, 0.15) is 192 Å². The summed E-state index contributed by atoms with van der Waals surface area (Å²) in [6.07, 6.45) is 1.94. The molecule has 5 nitrogen and oxygen atoms in total. The number of phenolic OH excluding ortho intramolecular Hbond substituents is 5. The second-order valence-electron chi connectivity index (χ2n) is 22.6. The van der Waals surface area contributed by atoms with Crippen molar-refractivity contribution in [3.05, 3.63) is 144 Å². The highest BCUT2D eigenvalue weighted by molar-refractivity contribution is 5.68. The number of rotatable bonds is 9. The summed E-state index contributed by atoms with van der Waals surface area (Å²) in [6.45, 7) is 37.8. The third-order valence-corrected chi connectivity index (χ3v) is 13.0. The molecule has 0 unspecified atom stereocenters. The van der Waals surface area contributed by atoms with E-state index in [4.69, 9.17) is 0 Å². The summed E-state index contributed by atoms with van der Waals surface area (Å²) in [5.74, 6) is 1.06. The fourth-order valence-corrected chi connectivity index (χ4v) is 10.1. The van der Waals surface area contributed by atoms with Crippen molar-refractivity contribution < 1.29 is 25.5 Å². The van der Waals surface area contributed by atoms with Crippen molar-refractivity contribution >= 4 is 0 Å². The fraction of sp³-hybridized carbons (Fsp3) is 0.474. The van der Waals surface area contributed by atoms with E-state index in [1.807, 2.05) is 37.3 Å². The van der Waals surface area contributed by atoms with E-state index in [9.17, 15) is 25.5 Å². The molecule has 5 N–H and O–H groups in total. The molecule has 0 aromatic heterocycles. The first-order chi connectivity index (χ1) is 28.3. The van der Waals surface area contributed by atoms with E-state index in [1.165, 1.54) is 0 Å². The normalized spacial score (nSPS) is 12.9. The smallest absolute Gasteiger partial charge is 0.122 e. The van der Waals surface area contributed by atoms with Crippen LogP contribution in [0.25, 0.3) is 0 Å². The quantitative estimate of drug-likeness (QED) is 0.0952. The molecular formula is C57H76O5. The first-order valence-electron chi connectivity index (χ1n) is 22.5. The Kier molecular flexibility index (Phi) is 12.9. The molecule has 0 aliphatic rings. The second kappa shape index (κ2) is 16.7. The zero-order chi connectivity index (χ0) is 46.8. The molecule has 0 bridgehead atoms. The number of phenols is 5. The molecule has 334 valence electrons. The Morgan fingerprint density at radius 2 is 0.758 bits per heavy atom. The molecule has 62 heavy (non-hydrogen) atoms. The van der Waals surface area contributed by atoms with Crippen molar-refractivity contribution in [2.24, 2.45) is 0 Å². The standard InChI is InChI=1S/C57H76O5/c1-19-20-57(41-30-43(53(7,8)9)47(58)26-34(41)4,42-31-44(54(10,11)12)48(59)27-35(42)5)49-36(6)25-39(28-37-21-32(2)23-45(51(37)61)55(13,14)15)50(60)40(49)29-38-22-33(3)24-46(52(38)62)56(16,17)18/h21-27,30-31,58-62H,19-20,28-29H2,1-18H3. The number of hydrogen-bond acceptors (Lipinski definition) is 5. The Balaban J connectivity index is 2.07. The molecule has 0 saturated heterocycles. The Bertz CT molecular complexity index is 2440. The summed E-state index contributed by atoms with van der Waals surface area (Å²) in [5.41, 5.74) is 11.7. The lowest BCUT2D eigenvalue weighted by molar-refractivity contribution is 0.433. The van der Waals surface area contributed by atoms with Crippen LogP contribution in [0, 0.1) is 34.6 Å². The van der Waals surface area contributed by atoms with E-state index in [0.29, 0.717) is 24.0 Å². The van der Waals surface area contributed by atoms with Gasteiger partial charge < -0.3 is 25.5 Å². The van der Waals surface area contributed by atoms with Gasteiger partial charge in [-0.05, 0) is 147 Å². The van der Waals surface area contributed by atoms with Crippen molar-refractivity contribution in [1.29, 1.82) is 0 Å². The average Bonchev–Trinajstić information content (AvgIpc) is 3.10.